The van der Waals surface area contributed by atoms with Crippen molar-refractivity contribution >= 4 is 39.8 Å². The lowest BCUT2D eigenvalue weighted by Gasteiger charge is -2.02. The molecule has 0 aliphatic carbocycles. The average molecular weight is 304 g/mol. The normalized spacial score (nSPS) is 11.2. The predicted octanol–water partition coefficient (Wildman–Crippen LogP) is 1.58. The summed E-state index contributed by atoms with van der Waals surface area (Å²) in [6, 6.07) is 4.97. The summed E-state index contributed by atoms with van der Waals surface area (Å²) < 4.78 is 1.56. The van der Waals surface area contributed by atoms with Crippen LogP contribution in [0.5, 0.6) is 0 Å². The average Bonchev–Trinajstić information content (AvgIpc) is 3.08. The number of aromatic nitrogens is 2. The first-order chi connectivity index (χ1) is 9.74. The molecule has 0 aliphatic heterocycles. The molecule has 0 radical (unpaired) electrons. The number of rotatable bonds is 3. The second kappa shape index (κ2) is 5.35. The van der Waals surface area contributed by atoms with E-state index in [1.807, 2.05) is 17.5 Å². The highest BCUT2D eigenvalue weighted by Gasteiger charge is 2.11. The summed E-state index contributed by atoms with van der Waals surface area (Å²) in [5, 5.41) is 7.54. The molecule has 0 saturated heterocycles. The molecule has 0 aliphatic rings. The van der Waals surface area contributed by atoms with E-state index in [-0.39, 0.29) is 5.69 Å². The van der Waals surface area contributed by atoms with Crippen LogP contribution in [-0.2, 0) is 0 Å². The lowest BCUT2D eigenvalue weighted by molar-refractivity contribution is 0.0948. The Morgan fingerprint density at radius 3 is 3.10 bits per heavy atom. The Bertz CT molecular complexity index is 833. The Morgan fingerprint density at radius 1 is 1.40 bits per heavy atom. The Morgan fingerprint density at radius 2 is 2.30 bits per heavy atom. The van der Waals surface area contributed by atoms with Gasteiger partial charge in [0.15, 0.2) is 4.96 Å². The van der Waals surface area contributed by atoms with Crippen LogP contribution in [0.2, 0.25) is 0 Å². The molecule has 0 spiro atoms. The van der Waals surface area contributed by atoms with E-state index in [4.69, 9.17) is 0 Å². The minimum absolute atomic E-state index is 0.213. The number of carbonyl (C=O) groups excluding carboxylic acids is 1. The number of carbonyl (C=O) groups is 1. The third-order valence-electron chi connectivity index (χ3n) is 2.45. The zero-order valence-electron chi connectivity index (χ0n) is 10.0. The van der Waals surface area contributed by atoms with Crippen LogP contribution in [0.3, 0.4) is 0 Å². The molecule has 100 valence electrons. The molecular weight excluding hydrogens is 296 g/mol. The van der Waals surface area contributed by atoms with Crippen LogP contribution in [0.25, 0.3) is 4.96 Å². The number of thiazole rings is 1. The fraction of sp³-hybridized carbons (Fsp3) is 0. The third-order valence-corrected chi connectivity index (χ3v) is 4.01. The van der Waals surface area contributed by atoms with Crippen LogP contribution in [0.4, 0.5) is 0 Å². The molecule has 0 saturated carbocycles. The molecule has 0 aromatic carbocycles. The van der Waals surface area contributed by atoms with E-state index >= 15 is 0 Å². The van der Waals surface area contributed by atoms with Crippen molar-refractivity contribution < 1.29 is 4.79 Å². The van der Waals surface area contributed by atoms with Gasteiger partial charge < -0.3 is 0 Å². The van der Waals surface area contributed by atoms with E-state index in [9.17, 15) is 9.59 Å². The van der Waals surface area contributed by atoms with Crippen LogP contribution in [-0.4, -0.2) is 21.5 Å². The lowest BCUT2D eigenvalue weighted by atomic mass is 10.4. The van der Waals surface area contributed by atoms with Gasteiger partial charge in [-0.3, -0.25) is 14.0 Å². The van der Waals surface area contributed by atoms with E-state index in [2.05, 4.69) is 15.5 Å². The number of amides is 1. The zero-order valence-corrected chi connectivity index (χ0v) is 11.6. The number of nitrogens with one attached hydrogen (secondary N) is 1. The Kier molecular flexibility index (Phi) is 3.40. The molecule has 3 heterocycles. The SMILES string of the molecule is O=C(N/N=C/c1cccs1)c1cc(=O)nc2sccn12. The van der Waals surface area contributed by atoms with Gasteiger partial charge in [0.25, 0.3) is 11.5 Å². The summed E-state index contributed by atoms with van der Waals surface area (Å²) in [5.74, 6) is -0.453. The number of nitrogens with zero attached hydrogens (tertiary/aromatic N) is 3. The summed E-state index contributed by atoms with van der Waals surface area (Å²) >= 11 is 2.80. The van der Waals surface area contributed by atoms with Crippen molar-refractivity contribution in [1.82, 2.24) is 14.8 Å². The molecular formula is C12H8N4O2S2. The third kappa shape index (κ3) is 2.51. The number of hydrogen-bond donors (Lipinski definition) is 1. The summed E-state index contributed by atoms with van der Waals surface area (Å²) in [6.45, 7) is 0. The maximum Gasteiger partial charge on any atom is 0.288 e. The predicted molar refractivity (Wildman–Crippen MR) is 78.7 cm³/mol. The second-order valence-electron chi connectivity index (χ2n) is 3.75. The monoisotopic (exact) mass is 304 g/mol. The van der Waals surface area contributed by atoms with Gasteiger partial charge in [-0.1, -0.05) is 6.07 Å². The van der Waals surface area contributed by atoms with Crippen LogP contribution < -0.4 is 11.0 Å². The van der Waals surface area contributed by atoms with Crippen molar-refractivity contribution in [1.29, 1.82) is 0 Å². The fourth-order valence-corrected chi connectivity index (χ4v) is 2.91. The standard InChI is InChI=1S/C12H8N4O2S2/c17-10-6-9(16-3-5-20-12(16)14-10)11(18)15-13-7-8-2-1-4-19-8/h1-7H,(H,15,18)/b13-7+. The van der Waals surface area contributed by atoms with Crippen molar-refractivity contribution in [2.45, 2.75) is 0 Å². The molecule has 1 N–H and O–H groups in total. The molecule has 0 fully saturated rings. The summed E-state index contributed by atoms with van der Waals surface area (Å²) in [5.41, 5.74) is 2.17. The Hall–Kier alpha value is -2.32. The van der Waals surface area contributed by atoms with Crippen molar-refractivity contribution in [3.63, 3.8) is 0 Å². The van der Waals surface area contributed by atoms with Gasteiger partial charge in [0.1, 0.15) is 5.69 Å². The molecule has 3 aromatic heterocycles. The first-order valence-electron chi connectivity index (χ1n) is 5.58. The first-order valence-corrected chi connectivity index (χ1v) is 7.34. The van der Waals surface area contributed by atoms with Gasteiger partial charge in [-0.2, -0.15) is 10.1 Å². The molecule has 20 heavy (non-hydrogen) atoms. The van der Waals surface area contributed by atoms with Crippen molar-refractivity contribution in [3.05, 3.63) is 56.1 Å². The first kappa shape index (κ1) is 12.7. The van der Waals surface area contributed by atoms with Gasteiger partial charge in [0.2, 0.25) is 0 Å². The van der Waals surface area contributed by atoms with Gasteiger partial charge in [0.05, 0.1) is 6.21 Å². The highest BCUT2D eigenvalue weighted by atomic mass is 32.1. The van der Waals surface area contributed by atoms with Gasteiger partial charge in [-0.05, 0) is 11.4 Å². The summed E-state index contributed by atoms with van der Waals surface area (Å²) in [6.07, 6.45) is 3.24. The minimum atomic E-state index is -0.453. The summed E-state index contributed by atoms with van der Waals surface area (Å²) in [7, 11) is 0. The zero-order chi connectivity index (χ0) is 13.9. The molecule has 8 heteroatoms. The Balaban J connectivity index is 1.85. The summed E-state index contributed by atoms with van der Waals surface area (Å²) in [4.78, 5) is 28.7. The molecule has 1 amide bonds. The van der Waals surface area contributed by atoms with Crippen LogP contribution in [0.15, 0.2) is 45.1 Å². The molecule has 6 nitrogen and oxygen atoms in total. The largest absolute Gasteiger partial charge is 0.288 e. The van der Waals surface area contributed by atoms with E-state index in [1.165, 1.54) is 28.7 Å². The molecule has 0 atom stereocenters. The number of thiophene rings is 1. The topological polar surface area (TPSA) is 75.8 Å². The molecule has 3 aromatic rings. The van der Waals surface area contributed by atoms with E-state index in [1.54, 1.807) is 22.2 Å². The second-order valence-corrected chi connectivity index (χ2v) is 5.60. The smallest absolute Gasteiger partial charge is 0.287 e. The minimum Gasteiger partial charge on any atom is -0.287 e. The lowest BCUT2D eigenvalue weighted by Crippen LogP contribution is -2.23. The van der Waals surface area contributed by atoms with Gasteiger partial charge in [-0.15, -0.1) is 22.7 Å². The maximum absolute atomic E-state index is 12.0. The quantitative estimate of drug-likeness (QED) is 0.589. The number of hydrogen-bond acceptors (Lipinski definition) is 6. The Labute approximate surface area is 121 Å². The highest BCUT2D eigenvalue weighted by Crippen LogP contribution is 2.09. The maximum atomic E-state index is 12.0. The van der Waals surface area contributed by atoms with Gasteiger partial charge >= 0.3 is 0 Å². The number of fused-ring (bicyclic) bond motifs is 1. The molecule has 0 bridgehead atoms. The fourth-order valence-electron chi connectivity index (χ4n) is 1.60. The van der Waals surface area contributed by atoms with Crippen LogP contribution in [0, 0.1) is 0 Å². The molecule has 3 rings (SSSR count). The van der Waals surface area contributed by atoms with Crippen molar-refractivity contribution in [3.8, 4) is 0 Å². The van der Waals surface area contributed by atoms with Crippen molar-refractivity contribution in [2.24, 2.45) is 5.10 Å². The van der Waals surface area contributed by atoms with Gasteiger partial charge in [-0.25, -0.2) is 5.43 Å². The highest BCUT2D eigenvalue weighted by molar-refractivity contribution is 7.15. The van der Waals surface area contributed by atoms with Crippen LogP contribution >= 0.6 is 22.7 Å². The van der Waals surface area contributed by atoms with E-state index < -0.39 is 11.5 Å². The number of hydrazone groups is 1. The van der Waals surface area contributed by atoms with Crippen molar-refractivity contribution in [2.75, 3.05) is 0 Å². The van der Waals surface area contributed by atoms with Gasteiger partial charge in [0, 0.05) is 22.5 Å². The van der Waals surface area contributed by atoms with E-state index in [0.717, 1.165) is 4.88 Å². The molecule has 0 unspecified atom stereocenters. The van der Waals surface area contributed by atoms with Crippen LogP contribution in [0.1, 0.15) is 15.4 Å². The van der Waals surface area contributed by atoms with E-state index in [0.29, 0.717) is 4.96 Å².